The summed E-state index contributed by atoms with van der Waals surface area (Å²) in [4.78, 5) is 16.5. The van der Waals surface area contributed by atoms with Crippen LogP contribution in [0, 0.1) is 6.92 Å². The summed E-state index contributed by atoms with van der Waals surface area (Å²) in [5, 5.41) is 11.5. The molecule has 4 rings (SSSR count). The molecule has 8 heteroatoms. The van der Waals surface area contributed by atoms with E-state index in [0.717, 1.165) is 15.7 Å². The summed E-state index contributed by atoms with van der Waals surface area (Å²) in [5.41, 5.74) is 3.43. The largest absolute Gasteiger partial charge is 0.441 e. The van der Waals surface area contributed by atoms with Crippen LogP contribution >= 0.6 is 23.1 Å². The van der Waals surface area contributed by atoms with Crippen LogP contribution in [0.25, 0.3) is 11.3 Å². The van der Waals surface area contributed by atoms with Crippen molar-refractivity contribution in [1.29, 1.82) is 0 Å². The monoisotopic (exact) mass is 436 g/mol. The zero-order valence-corrected chi connectivity index (χ0v) is 18.0. The highest BCUT2D eigenvalue weighted by Crippen LogP contribution is 2.28. The predicted octanol–water partition coefficient (Wildman–Crippen LogP) is 5.37. The summed E-state index contributed by atoms with van der Waals surface area (Å²) < 4.78 is 6.56. The van der Waals surface area contributed by atoms with Gasteiger partial charge in [-0.3, -0.25) is 4.79 Å². The van der Waals surface area contributed by atoms with Gasteiger partial charge in [0.2, 0.25) is 11.0 Å². The van der Waals surface area contributed by atoms with Gasteiger partial charge < -0.3 is 9.73 Å². The van der Waals surface area contributed by atoms with Crippen molar-refractivity contribution in [3.05, 3.63) is 77.8 Å². The zero-order chi connectivity index (χ0) is 20.8. The van der Waals surface area contributed by atoms with Crippen molar-refractivity contribution in [1.82, 2.24) is 15.2 Å². The Labute approximate surface area is 182 Å². The summed E-state index contributed by atoms with van der Waals surface area (Å²) in [7, 11) is 0. The second-order valence-electron chi connectivity index (χ2n) is 6.68. The first-order valence-electron chi connectivity index (χ1n) is 9.47. The number of oxazole rings is 1. The standard InChI is InChI=1S/C22H20N4O2S2/c1-15-7-9-16(10-8-15)14-29-22-26-25-21(30-22)24-19(27)11-12-20-23-13-18(28-20)17-5-3-2-4-6-17/h2-10,13H,11-12,14H2,1H3,(H,24,25,27). The van der Waals surface area contributed by atoms with Crippen molar-refractivity contribution in [3.63, 3.8) is 0 Å². The minimum absolute atomic E-state index is 0.138. The number of amides is 1. The van der Waals surface area contributed by atoms with Gasteiger partial charge in [-0.05, 0) is 12.5 Å². The quantitative estimate of drug-likeness (QED) is 0.296. The average Bonchev–Trinajstić information content (AvgIpc) is 3.42. The Morgan fingerprint density at radius 3 is 2.70 bits per heavy atom. The Morgan fingerprint density at radius 1 is 1.10 bits per heavy atom. The molecule has 1 amide bonds. The second-order valence-corrected chi connectivity index (χ2v) is 8.88. The van der Waals surface area contributed by atoms with Crippen LogP contribution in [-0.2, 0) is 17.0 Å². The van der Waals surface area contributed by atoms with Crippen molar-refractivity contribution < 1.29 is 9.21 Å². The third kappa shape index (κ3) is 5.55. The smallest absolute Gasteiger partial charge is 0.226 e. The van der Waals surface area contributed by atoms with E-state index in [4.69, 9.17) is 4.42 Å². The molecule has 0 bridgehead atoms. The van der Waals surface area contributed by atoms with Gasteiger partial charge in [0.05, 0.1) is 6.20 Å². The van der Waals surface area contributed by atoms with Crippen molar-refractivity contribution in [2.45, 2.75) is 29.9 Å². The van der Waals surface area contributed by atoms with E-state index in [2.05, 4.69) is 51.7 Å². The van der Waals surface area contributed by atoms with Gasteiger partial charge in [0.25, 0.3) is 0 Å². The summed E-state index contributed by atoms with van der Waals surface area (Å²) in [6.07, 6.45) is 2.37. The number of aryl methyl sites for hydroxylation is 2. The minimum atomic E-state index is -0.138. The number of carbonyl (C=O) groups is 1. The van der Waals surface area contributed by atoms with Gasteiger partial charge >= 0.3 is 0 Å². The lowest BCUT2D eigenvalue weighted by atomic mass is 10.2. The van der Waals surface area contributed by atoms with E-state index >= 15 is 0 Å². The fraction of sp³-hybridized carbons (Fsp3) is 0.182. The molecule has 0 saturated heterocycles. The Bertz CT molecular complexity index is 1110. The molecule has 6 nitrogen and oxygen atoms in total. The second kappa shape index (κ2) is 9.69. The molecule has 0 aliphatic carbocycles. The maximum Gasteiger partial charge on any atom is 0.226 e. The van der Waals surface area contributed by atoms with E-state index in [-0.39, 0.29) is 12.3 Å². The number of carbonyl (C=O) groups excluding carboxylic acids is 1. The summed E-state index contributed by atoms with van der Waals surface area (Å²) in [5.74, 6) is 1.92. The molecule has 2 aromatic heterocycles. The van der Waals surface area contributed by atoms with E-state index in [9.17, 15) is 4.79 Å². The highest BCUT2D eigenvalue weighted by Gasteiger charge is 2.12. The summed E-state index contributed by atoms with van der Waals surface area (Å²) in [6.45, 7) is 2.07. The molecule has 0 aliphatic heterocycles. The van der Waals surface area contributed by atoms with E-state index < -0.39 is 0 Å². The number of anilines is 1. The number of rotatable bonds is 8. The molecule has 2 heterocycles. The summed E-state index contributed by atoms with van der Waals surface area (Å²) >= 11 is 2.98. The number of benzene rings is 2. The maximum absolute atomic E-state index is 12.2. The summed E-state index contributed by atoms with van der Waals surface area (Å²) in [6, 6.07) is 18.2. The average molecular weight is 437 g/mol. The molecule has 0 radical (unpaired) electrons. The molecular weight excluding hydrogens is 416 g/mol. The first kappa shape index (κ1) is 20.3. The van der Waals surface area contributed by atoms with Gasteiger partial charge in [-0.1, -0.05) is 83.3 Å². The number of nitrogens with zero attached hydrogens (tertiary/aromatic N) is 3. The molecule has 0 spiro atoms. The number of nitrogens with one attached hydrogen (secondary N) is 1. The van der Waals surface area contributed by atoms with Gasteiger partial charge in [0, 0.05) is 24.2 Å². The minimum Gasteiger partial charge on any atom is -0.441 e. The first-order chi connectivity index (χ1) is 14.7. The zero-order valence-electron chi connectivity index (χ0n) is 16.4. The maximum atomic E-state index is 12.2. The van der Waals surface area contributed by atoms with Crippen LogP contribution in [0.2, 0.25) is 0 Å². The molecule has 152 valence electrons. The van der Waals surface area contributed by atoms with E-state index in [1.54, 1.807) is 18.0 Å². The number of thioether (sulfide) groups is 1. The Kier molecular flexibility index (Phi) is 6.56. The molecular formula is C22H20N4O2S2. The highest BCUT2D eigenvalue weighted by molar-refractivity contribution is 8.00. The van der Waals surface area contributed by atoms with Crippen molar-refractivity contribution >= 4 is 34.1 Å². The van der Waals surface area contributed by atoms with Crippen molar-refractivity contribution in [2.75, 3.05) is 5.32 Å². The predicted molar refractivity (Wildman–Crippen MR) is 120 cm³/mol. The SMILES string of the molecule is Cc1ccc(CSc2nnc(NC(=O)CCc3ncc(-c4ccccc4)o3)s2)cc1. The Hall–Kier alpha value is -2.97. The third-order valence-electron chi connectivity index (χ3n) is 4.31. The molecule has 2 aromatic carbocycles. The molecule has 4 aromatic rings. The fourth-order valence-electron chi connectivity index (χ4n) is 2.71. The van der Waals surface area contributed by atoms with Crippen LogP contribution in [0.1, 0.15) is 23.4 Å². The highest BCUT2D eigenvalue weighted by atomic mass is 32.2. The van der Waals surface area contributed by atoms with E-state index in [1.807, 2.05) is 30.3 Å². The van der Waals surface area contributed by atoms with Crippen molar-refractivity contribution in [3.8, 4) is 11.3 Å². The van der Waals surface area contributed by atoms with Gasteiger partial charge in [0.1, 0.15) is 0 Å². The fourth-order valence-corrected chi connectivity index (χ4v) is 4.44. The van der Waals surface area contributed by atoms with Crippen molar-refractivity contribution in [2.24, 2.45) is 0 Å². The third-order valence-corrected chi connectivity index (χ3v) is 6.36. The van der Waals surface area contributed by atoms with Crippen LogP contribution in [0.4, 0.5) is 5.13 Å². The van der Waals surface area contributed by atoms with Gasteiger partial charge in [-0.2, -0.15) is 0 Å². The van der Waals surface area contributed by atoms with Crippen LogP contribution in [0.15, 0.2) is 69.6 Å². The number of hydrogen-bond acceptors (Lipinski definition) is 7. The van der Waals surface area contributed by atoms with E-state index in [0.29, 0.717) is 23.2 Å². The van der Waals surface area contributed by atoms with Gasteiger partial charge in [-0.15, -0.1) is 10.2 Å². The normalized spacial score (nSPS) is 10.8. The van der Waals surface area contributed by atoms with Gasteiger partial charge in [0.15, 0.2) is 16.0 Å². The van der Waals surface area contributed by atoms with Crippen LogP contribution in [0.5, 0.6) is 0 Å². The van der Waals surface area contributed by atoms with E-state index in [1.165, 1.54) is 22.5 Å². The molecule has 0 fully saturated rings. The van der Waals surface area contributed by atoms with Crippen LogP contribution in [-0.4, -0.2) is 21.1 Å². The molecule has 0 saturated carbocycles. The number of hydrogen-bond donors (Lipinski definition) is 1. The molecule has 1 N–H and O–H groups in total. The lowest BCUT2D eigenvalue weighted by Gasteiger charge is -2.00. The lowest BCUT2D eigenvalue weighted by Crippen LogP contribution is -2.12. The molecule has 0 atom stereocenters. The molecule has 0 aliphatic rings. The number of aromatic nitrogens is 3. The molecule has 30 heavy (non-hydrogen) atoms. The Balaban J connectivity index is 1.24. The van der Waals surface area contributed by atoms with Crippen LogP contribution in [0.3, 0.4) is 0 Å². The topological polar surface area (TPSA) is 80.9 Å². The van der Waals surface area contributed by atoms with Gasteiger partial charge in [-0.25, -0.2) is 4.98 Å². The molecule has 0 unspecified atom stereocenters. The van der Waals surface area contributed by atoms with Crippen LogP contribution < -0.4 is 5.32 Å². The lowest BCUT2D eigenvalue weighted by molar-refractivity contribution is -0.116. The first-order valence-corrected chi connectivity index (χ1v) is 11.3. The Morgan fingerprint density at radius 2 is 1.90 bits per heavy atom.